The monoisotopic (exact) mass is 501 g/mol. The number of nitro groups is 1. The Morgan fingerprint density at radius 1 is 1.15 bits per heavy atom. The number of hydrogen-bond acceptors (Lipinski definition) is 7. The third kappa shape index (κ3) is 4.92. The molecule has 11 heteroatoms. The molecule has 0 aromatic heterocycles. The Morgan fingerprint density at radius 2 is 1.85 bits per heavy atom. The Bertz CT molecular complexity index is 1160. The second-order valence-corrected chi connectivity index (χ2v) is 9.08. The minimum atomic E-state index is -0.740. The van der Waals surface area contributed by atoms with Crippen LogP contribution in [-0.4, -0.2) is 50.7 Å². The second kappa shape index (κ2) is 10.3. The van der Waals surface area contributed by atoms with Gasteiger partial charge in [0.2, 0.25) is 5.91 Å². The molecule has 1 saturated heterocycles. The Kier molecular flexibility index (Phi) is 7.18. The van der Waals surface area contributed by atoms with Crippen molar-refractivity contribution in [1.82, 2.24) is 10.2 Å². The fraction of sp³-hybridized carbons (Fsp3) is 0.261. The summed E-state index contributed by atoms with van der Waals surface area (Å²) in [6, 6.07) is 14.1. The number of carbonyl (C=O) groups excluding carboxylic acids is 3. The molecule has 0 saturated carbocycles. The number of β-lactam (4-membered cyclic amide) rings is 1. The van der Waals surface area contributed by atoms with Crippen LogP contribution >= 0.6 is 23.4 Å². The fourth-order valence-electron chi connectivity index (χ4n) is 3.71. The first kappa shape index (κ1) is 23.8. The van der Waals surface area contributed by atoms with Crippen LogP contribution in [0, 0.1) is 10.1 Å². The molecule has 9 nitrogen and oxygen atoms in total. The summed E-state index contributed by atoms with van der Waals surface area (Å²) in [5, 5.41) is 13.1. The molecular formula is C23H20ClN3O6S. The van der Waals surface area contributed by atoms with Gasteiger partial charge < -0.3 is 10.1 Å². The molecule has 1 fully saturated rings. The maximum atomic E-state index is 12.9. The summed E-state index contributed by atoms with van der Waals surface area (Å²) >= 11 is 7.45. The van der Waals surface area contributed by atoms with Crippen molar-refractivity contribution < 1.29 is 24.0 Å². The number of amides is 2. The minimum absolute atomic E-state index is 0.0521. The molecule has 4 rings (SSSR count). The molecule has 0 bridgehead atoms. The quantitative estimate of drug-likeness (QED) is 0.194. The van der Waals surface area contributed by atoms with Crippen molar-refractivity contribution in [3.63, 3.8) is 0 Å². The van der Waals surface area contributed by atoms with E-state index in [0.717, 1.165) is 5.56 Å². The average Bonchev–Trinajstić information content (AvgIpc) is 2.85. The van der Waals surface area contributed by atoms with Gasteiger partial charge in [-0.25, -0.2) is 4.79 Å². The van der Waals surface area contributed by atoms with Gasteiger partial charge in [-0.2, -0.15) is 0 Å². The lowest BCUT2D eigenvalue weighted by Gasteiger charge is -2.49. The molecule has 1 unspecified atom stereocenters. The number of nitro benzene ring substituents is 1. The van der Waals surface area contributed by atoms with Crippen LogP contribution in [0.5, 0.6) is 0 Å². The molecule has 2 aromatic carbocycles. The smallest absolute Gasteiger partial charge is 0.355 e. The summed E-state index contributed by atoms with van der Waals surface area (Å²) in [7, 11) is 0. The Morgan fingerprint density at radius 3 is 2.50 bits per heavy atom. The van der Waals surface area contributed by atoms with Gasteiger partial charge in [0.05, 0.1) is 11.3 Å². The number of nitrogens with one attached hydrogen (secondary N) is 1. The van der Waals surface area contributed by atoms with Crippen molar-refractivity contribution >= 4 is 46.8 Å². The zero-order valence-corrected chi connectivity index (χ0v) is 19.4. The normalized spacial score (nSPS) is 19.2. The summed E-state index contributed by atoms with van der Waals surface area (Å²) in [6.45, 7) is -0.118. The lowest BCUT2D eigenvalue weighted by Crippen LogP contribution is -2.70. The van der Waals surface area contributed by atoms with Gasteiger partial charge in [0.25, 0.3) is 11.6 Å². The SMILES string of the molecule is O=C(Cc1ccccc1)NC1C(=O)N2C(C(=O)OCc3ccc([N+](=O)[O-])cc3)=C(CCl)CS[C@@H]12. The van der Waals surface area contributed by atoms with Crippen LogP contribution in [0.1, 0.15) is 11.1 Å². The maximum absolute atomic E-state index is 12.9. The summed E-state index contributed by atoms with van der Waals surface area (Å²) in [6.07, 6.45) is 0.148. The molecule has 2 heterocycles. The molecule has 2 aliphatic heterocycles. The minimum Gasteiger partial charge on any atom is -0.456 e. The molecule has 0 spiro atoms. The van der Waals surface area contributed by atoms with Gasteiger partial charge in [0.15, 0.2) is 0 Å². The van der Waals surface area contributed by atoms with E-state index in [0.29, 0.717) is 16.9 Å². The number of rotatable bonds is 8. The Hall–Kier alpha value is -3.37. The molecule has 2 amide bonds. The van der Waals surface area contributed by atoms with Crippen LogP contribution in [0.25, 0.3) is 0 Å². The van der Waals surface area contributed by atoms with Gasteiger partial charge in [-0.3, -0.25) is 24.6 Å². The van der Waals surface area contributed by atoms with E-state index in [1.165, 1.54) is 40.9 Å². The van der Waals surface area contributed by atoms with E-state index in [4.69, 9.17) is 16.3 Å². The number of esters is 1. The topological polar surface area (TPSA) is 119 Å². The van der Waals surface area contributed by atoms with E-state index >= 15 is 0 Å². The van der Waals surface area contributed by atoms with Crippen molar-refractivity contribution in [3.8, 4) is 0 Å². The molecule has 2 aliphatic rings. The highest BCUT2D eigenvalue weighted by Gasteiger charge is 2.54. The van der Waals surface area contributed by atoms with E-state index in [1.807, 2.05) is 30.3 Å². The first-order valence-electron chi connectivity index (χ1n) is 10.4. The third-order valence-corrected chi connectivity index (χ3v) is 7.11. The molecular weight excluding hydrogens is 482 g/mol. The lowest BCUT2D eigenvalue weighted by atomic mass is 10.0. The van der Waals surface area contributed by atoms with Gasteiger partial charge in [-0.1, -0.05) is 30.3 Å². The number of non-ortho nitro benzene ring substituents is 1. The molecule has 2 atom stereocenters. The molecule has 1 N–H and O–H groups in total. The number of nitrogens with zero attached hydrogens (tertiary/aromatic N) is 2. The zero-order chi connectivity index (χ0) is 24.2. The zero-order valence-electron chi connectivity index (χ0n) is 17.8. The number of alkyl halides is 1. The van der Waals surface area contributed by atoms with Crippen LogP contribution in [0.4, 0.5) is 5.69 Å². The standard InChI is InChI=1S/C23H20ClN3O6S/c24-11-16-13-34-22-19(25-18(28)10-14-4-2-1-3-5-14)21(29)26(22)20(16)23(30)33-12-15-6-8-17(9-7-15)27(31)32/h1-9,19,22H,10-13H2,(H,25,28)/t19?,22-/m0/s1. The van der Waals surface area contributed by atoms with Gasteiger partial charge in [0.1, 0.15) is 23.7 Å². The van der Waals surface area contributed by atoms with Crippen LogP contribution in [0.3, 0.4) is 0 Å². The van der Waals surface area contributed by atoms with Crippen molar-refractivity contribution in [2.45, 2.75) is 24.4 Å². The second-order valence-electron chi connectivity index (χ2n) is 7.70. The maximum Gasteiger partial charge on any atom is 0.355 e. The highest BCUT2D eigenvalue weighted by atomic mass is 35.5. The van der Waals surface area contributed by atoms with E-state index in [-0.39, 0.29) is 36.2 Å². The largest absolute Gasteiger partial charge is 0.456 e. The number of thioether (sulfide) groups is 1. The Balaban J connectivity index is 1.41. The predicted molar refractivity (Wildman–Crippen MR) is 126 cm³/mol. The van der Waals surface area contributed by atoms with E-state index < -0.39 is 28.2 Å². The number of ether oxygens (including phenoxy) is 1. The van der Waals surface area contributed by atoms with Crippen LogP contribution < -0.4 is 5.32 Å². The summed E-state index contributed by atoms with van der Waals surface area (Å²) in [5.74, 6) is -0.911. The highest BCUT2D eigenvalue weighted by molar-refractivity contribution is 8.00. The predicted octanol–water partition coefficient (Wildman–Crippen LogP) is 2.77. The molecule has 2 aromatic rings. The first-order valence-corrected chi connectivity index (χ1v) is 11.9. The van der Waals surface area contributed by atoms with E-state index in [9.17, 15) is 24.5 Å². The highest BCUT2D eigenvalue weighted by Crippen LogP contribution is 2.41. The number of hydrogen-bond donors (Lipinski definition) is 1. The van der Waals surface area contributed by atoms with Crippen molar-refractivity contribution in [3.05, 3.63) is 87.1 Å². The summed E-state index contributed by atoms with van der Waals surface area (Å²) < 4.78 is 5.38. The van der Waals surface area contributed by atoms with Gasteiger partial charge in [-0.15, -0.1) is 23.4 Å². The average molecular weight is 502 g/mol. The van der Waals surface area contributed by atoms with Crippen LogP contribution in [0.2, 0.25) is 0 Å². The molecule has 176 valence electrons. The number of halogens is 1. The van der Waals surface area contributed by atoms with Gasteiger partial charge in [0, 0.05) is 23.8 Å². The molecule has 0 aliphatic carbocycles. The Labute approximate surface area is 204 Å². The van der Waals surface area contributed by atoms with Crippen LogP contribution in [-0.2, 0) is 32.1 Å². The molecule has 0 radical (unpaired) electrons. The van der Waals surface area contributed by atoms with Crippen molar-refractivity contribution in [1.29, 1.82) is 0 Å². The summed E-state index contributed by atoms with van der Waals surface area (Å²) in [5.41, 5.74) is 1.99. The number of carbonyl (C=O) groups is 3. The van der Waals surface area contributed by atoms with Crippen molar-refractivity contribution in [2.24, 2.45) is 0 Å². The van der Waals surface area contributed by atoms with Crippen LogP contribution in [0.15, 0.2) is 65.9 Å². The molecule has 34 heavy (non-hydrogen) atoms. The number of benzene rings is 2. The third-order valence-electron chi connectivity index (χ3n) is 5.44. The fourth-order valence-corrected chi connectivity index (χ4v) is 5.39. The lowest BCUT2D eigenvalue weighted by molar-refractivity contribution is -0.384. The van der Waals surface area contributed by atoms with Crippen molar-refractivity contribution in [2.75, 3.05) is 11.6 Å². The van der Waals surface area contributed by atoms with E-state index in [1.54, 1.807) is 0 Å². The van der Waals surface area contributed by atoms with Gasteiger partial charge in [-0.05, 0) is 28.8 Å². The van der Waals surface area contributed by atoms with E-state index in [2.05, 4.69) is 5.32 Å². The number of fused-ring (bicyclic) bond motifs is 1. The van der Waals surface area contributed by atoms with Gasteiger partial charge >= 0.3 is 5.97 Å². The first-order chi connectivity index (χ1) is 16.4. The summed E-state index contributed by atoms with van der Waals surface area (Å²) in [4.78, 5) is 49.8.